The molecule has 25 heavy (non-hydrogen) atoms. The Morgan fingerprint density at radius 2 is 2.16 bits per heavy atom. The van der Waals surface area contributed by atoms with Crippen molar-refractivity contribution < 1.29 is 9.90 Å². The molecule has 0 radical (unpaired) electrons. The van der Waals surface area contributed by atoms with Crippen molar-refractivity contribution in [1.29, 1.82) is 0 Å². The third-order valence-corrected chi connectivity index (χ3v) is 5.63. The molecule has 1 saturated heterocycles. The molecule has 0 saturated carbocycles. The second kappa shape index (κ2) is 9.90. The van der Waals surface area contributed by atoms with Gasteiger partial charge in [-0.25, -0.2) is 0 Å². The molecule has 0 aromatic heterocycles. The van der Waals surface area contributed by atoms with Crippen LogP contribution in [0.15, 0.2) is 54.1 Å². The highest BCUT2D eigenvalue weighted by molar-refractivity contribution is 8.23. The predicted octanol–water partition coefficient (Wildman–Crippen LogP) is 4.12. The highest BCUT2D eigenvalue weighted by Gasteiger charge is 2.34. The van der Waals surface area contributed by atoms with Crippen LogP contribution in [0.3, 0.4) is 0 Å². The zero-order valence-electron chi connectivity index (χ0n) is 14.7. The van der Waals surface area contributed by atoms with Crippen LogP contribution < -0.4 is 0 Å². The number of aliphatic hydroxyl groups is 1. The van der Waals surface area contributed by atoms with Crippen LogP contribution >= 0.6 is 24.0 Å². The average molecular weight is 376 g/mol. The van der Waals surface area contributed by atoms with Crippen molar-refractivity contribution in [3.8, 4) is 0 Å². The van der Waals surface area contributed by atoms with Gasteiger partial charge in [-0.15, -0.1) is 0 Å². The van der Waals surface area contributed by atoms with Gasteiger partial charge in [-0.1, -0.05) is 78.1 Å². The second-order valence-electron chi connectivity index (χ2n) is 6.24. The van der Waals surface area contributed by atoms with E-state index in [4.69, 9.17) is 12.2 Å². The first-order valence-electron chi connectivity index (χ1n) is 8.50. The number of hydrogen-bond donors (Lipinski definition) is 1. The largest absolute Gasteiger partial charge is 0.388 e. The zero-order valence-corrected chi connectivity index (χ0v) is 16.4. The highest BCUT2D eigenvalue weighted by Crippen LogP contribution is 2.28. The Hall–Kier alpha value is -1.43. The summed E-state index contributed by atoms with van der Waals surface area (Å²) in [7, 11) is 0. The predicted molar refractivity (Wildman–Crippen MR) is 110 cm³/mol. The second-order valence-corrected chi connectivity index (χ2v) is 7.90. The van der Waals surface area contributed by atoms with E-state index in [2.05, 4.69) is 12.1 Å². The summed E-state index contributed by atoms with van der Waals surface area (Å²) in [4.78, 5) is 14.4. The van der Waals surface area contributed by atoms with E-state index in [0.717, 1.165) is 24.2 Å². The number of allylic oxidation sites excluding steroid dienone is 3. The Kier molecular flexibility index (Phi) is 7.88. The summed E-state index contributed by atoms with van der Waals surface area (Å²) < 4.78 is 0.618. The number of benzene rings is 1. The molecule has 5 heteroatoms. The molecule has 2 atom stereocenters. The van der Waals surface area contributed by atoms with Crippen molar-refractivity contribution in [2.24, 2.45) is 0 Å². The minimum Gasteiger partial charge on any atom is -0.388 e. The first kappa shape index (κ1) is 19.9. The first-order chi connectivity index (χ1) is 12.0. The van der Waals surface area contributed by atoms with E-state index < -0.39 is 6.10 Å². The fourth-order valence-corrected chi connectivity index (χ4v) is 4.29. The van der Waals surface area contributed by atoms with Crippen molar-refractivity contribution in [1.82, 2.24) is 4.90 Å². The number of aliphatic hydroxyl groups excluding tert-OH is 1. The lowest BCUT2D eigenvalue weighted by atomic mass is 10.1. The Balaban J connectivity index is 1.99. The molecule has 134 valence electrons. The number of carbonyl (C=O) groups is 1. The van der Waals surface area contributed by atoms with Gasteiger partial charge in [-0.2, -0.15) is 0 Å². The van der Waals surface area contributed by atoms with Gasteiger partial charge in [-0.3, -0.25) is 9.69 Å². The van der Waals surface area contributed by atoms with Crippen LogP contribution in [0.25, 0.3) is 0 Å². The molecule has 1 aromatic carbocycles. The van der Waals surface area contributed by atoms with E-state index in [1.807, 2.05) is 44.2 Å². The maximum absolute atomic E-state index is 12.7. The summed E-state index contributed by atoms with van der Waals surface area (Å²) in [6.45, 7) is 3.92. The molecule has 1 amide bonds. The number of rotatable bonds is 7. The lowest BCUT2D eigenvalue weighted by molar-refractivity contribution is -0.129. The maximum Gasteiger partial charge on any atom is 0.231 e. The van der Waals surface area contributed by atoms with Gasteiger partial charge in [0.2, 0.25) is 5.91 Å². The van der Waals surface area contributed by atoms with Crippen LogP contribution in [0.4, 0.5) is 0 Å². The van der Waals surface area contributed by atoms with Crippen LogP contribution in [0.5, 0.6) is 0 Å². The lowest BCUT2D eigenvalue weighted by Gasteiger charge is -2.24. The van der Waals surface area contributed by atoms with E-state index >= 15 is 0 Å². The van der Waals surface area contributed by atoms with Gasteiger partial charge in [0.05, 0.1) is 18.6 Å². The molecule has 1 aliphatic heterocycles. The average Bonchev–Trinajstić information content (AvgIpc) is 2.94. The van der Waals surface area contributed by atoms with E-state index in [0.29, 0.717) is 4.32 Å². The smallest absolute Gasteiger partial charge is 0.231 e. The summed E-state index contributed by atoms with van der Waals surface area (Å²) in [6.07, 6.45) is 6.63. The van der Waals surface area contributed by atoms with E-state index in [-0.39, 0.29) is 18.4 Å². The van der Waals surface area contributed by atoms with Crippen LogP contribution in [0, 0.1) is 0 Å². The van der Waals surface area contributed by atoms with Gasteiger partial charge < -0.3 is 5.11 Å². The van der Waals surface area contributed by atoms with Crippen LogP contribution in [-0.4, -0.2) is 38.1 Å². The quantitative estimate of drug-likeness (QED) is 0.575. The molecule has 0 spiro atoms. The van der Waals surface area contributed by atoms with Crippen molar-refractivity contribution in [2.45, 2.75) is 45.3 Å². The highest BCUT2D eigenvalue weighted by atomic mass is 32.2. The maximum atomic E-state index is 12.7. The Bertz CT molecular complexity index is 655. The zero-order chi connectivity index (χ0) is 18.2. The molecular weight excluding hydrogens is 350 g/mol. The summed E-state index contributed by atoms with van der Waals surface area (Å²) in [5.41, 5.74) is 2.25. The van der Waals surface area contributed by atoms with Crippen molar-refractivity contribution in [2.75, 3.05) is 5.75 Å². The minimum absolute atomic E-state index is 0.0627. The fraction of sp³-hybridized carbons (Fsp3) is 0.400. The molecule has 0 bridgehead atoms. The van der Waals surface area contributed by atoms with E-state index in [9.17, 15) is 9.90 Å². The minimum atomic E-state index is -0.775. The van der Waals surface area contributed by atoms with Gasteiger partial charge in [0, 0.05) is 5.75 Å². The molecule has 1 aromatic rings. The number of hydrogen-bond acceptors (Lipinski definition) is 4. The summed E-state index contributed by atoms with van der Waals surface area (Å²) in [5, 5.41) is 10.2. The number of thioether (sulfide) groups is 1. The molecule has 1 fully saturated rings. The molecule has 1 aliphatic rings. The van der Waals surface area contributed by atoms with Gasteiger partial charge >= 0.3 is 0 Å². The van der Waals surface area contributed by atoms with Gasteiger partial charge in [0.15, 0.2) is 0 Å². The molecule has 1 heterocycles. The summed E-state index contributed by atoms with van der Waals surface area (Å²) in [6, 6.07) is 10.2. The van der Waals surface area contributed by atoms with Gasteiger partial charge in [0.1, 0.15) is 4.32 Å². The monoisotopic (exact) mass is 375 g/mol. The van der Waals surface area contributed by atoms with Gasteiger partial charge in [-0.05, 0) is 32.3 Å². The normalized spacial score (nSPS) is 19.6. The van der Waals surface area contributed by atoms with E-state index in [1.165, 1.54) is 5.56 Å². The Labute approximate surface area is 159 Å². The lowest BCUT2D eigenvalue weighted by Crippen LogP contribution is -2.41. The molecular formula is C20H25NO2S2. The Morgan fingerprint density at radius 3 is 2.84 bits per heavy atom. The molecule has 1 N–H and O–H groups in total. The summed E-state index contributed by atoms with van der Waals surface area (Å²) >= 11 is 6.91. The van der Waals surface area contributed by atoms with Crippen LogP contribution in [-0.2, 0) is 11.2 Å². The molecule has 3 nitrogen and oxygen atoms in total. The number of amides is 1. The number of thiocarbonyl (C=S) groups is 1. The third kappa shape index (κ3) is 6.10. The standard InChI is InChI=1S/C20H25NO2S2/c1-3-4-8-15(2)11-18(22)13-19(23)21-17(14-25-20(21)24)12-16-9-6-5-7-10-16/h3-7,9-11,17-18,22H,8,12-14H2,1-2H3/b4-3+,15-11-/t17-,18+/m0/s1. The number of nitrogens with zero attached hydrogens (tertiary/aromatic N) is 1. The van der Waals surface area contributed by atoms with Gasteiger partial charge in [0.25, 0.3) is 0 Å². The number of carbonyl (C=O) groups excluding carboxylic acids is 1. The Morgan fingerprint density at radius 1 is 1.44 bits per heavy atom. The van der Waals surface area contributed by atoms with Crippen molar-refractivity contribution in [3.63, 3.8) is 0 Å². The van der Waals surface area contributed by atoms with Crippen LogP contribution in [0.1, 0.15) is 32.3 Å². The van der Waals surface area contributed by atoms with Crippen molar-refractivity contribution in [3.05, 3.63) is 59.7 Å². The molecule has 0 unspecified atom stereocenters. The fourth-order valence-electron chi connectivity index (χ4n) is 2.84. The topological polar surface area (TPSA) is 40.5 Å². The van der Waals surface area contributed by atoms with Crippen molar-refractivity contribution >= 4 is 34.2 Å². The molecule has 0 aliphatic carbocycles. The van der Waals surface area contributed by atoms with E-state index in [1.54, 1.807) is 22.7 Å². The SMILES string of the molecule is C/C=C/C/C(C)=C\[C@@H](O)CC(=O)N1C(=S)SC[C@@H]1Cc1ccccc1. The first-order valence-corrected chi connectivity index (χ1v) is 9.90. The summed E-state index contributed by atoms with van der Waals surface area (Å²) in [5.74, 6) is 0.713. The molecule has 2 rings (SSSR count). The third-order valence-electron chi connectivity index (χ3n) is 4.08. The van der Waals surface area contributed by atoms with Crippen LogP contribution in [0.2, 0.25) is 0 Å².